The average molecular weight is 335 g/mol. The van der Waals surface area contributed by atoms with Gasteiger partial charge in [-0.3, -0.25) is 14.9 Å². The molecule has 1 amide bonds. The normalized spacial score (nSPS) is 10.7. The van der Waals surface area contributed by atoms with Crippen molar-refractivity contribution < 1.29 is 9.72 Å². The predicted octanol–water partition coefficient (Wildman–Crippen LogP) is 2.83. The number of rotatable bonds is 5. The van der Waals surface area contributed by atoms with E-state index in [-0.39, 0.29) is 11.6 Å². The highest BCUT2D eigenvalue weighted by molar-refractivity contribution is 6.01. The Morgan fingerprint density at radius 3 is 2.44 bits per heavy atom. The molecule has 0 aliphatic heterocycles. The number of non-ortho nitro benzene ring substituents is 1. The minimum Gasteiger partial charge on any atom is -0.323 e. The summed E-state index contributed by atoms with van der Waals surface area (Å²) < 4.78 is 1.61. The molecule has 0 spiro atoms. The molecule has 2 aromatic carbocycles. The molecule has 0 saturated carbocycles. The zero-order chi connectivity index (χ0) is 17.6. The fourth-order valence-electron chi connectivity index (χ4n) is 2.10. The lowest BCUT2D eigenvalue weighted by molar-refractivity contribution is -0.384. The Morgan fingerprint density at radius 2 is 1.84 bits per heavy atom. The van der Waals surface area contributed by atoms with Crippen LogP contribution < -0.4 is 5.32 Å². The van der Waals surface area contributed by atoms with Crippen LogP contribution in [0.2, 0.25) is 0 Å². The van der Waals surface area contributed by atoms with Crippen LogP contribution in [0.15, 0.2) is 67.3 Å². The zero-order valence-electron chi connectivity index (χ0n) is 12.9. The lowest BCUT2D eigenvalue weighted by atomic mass is 10.2. The van der Waals surface area contributed by atoms with Gasteiger partial charge in [-0.2, -0.15) is 5.10 Å². The molecule has 3 rings (SSSR count). The molecular weight excluding hydrogens is 322 g/mol. The molecule has 1 heterocycles. The molecular formula is C17H13N5O3. The van der Waals surface area contributed by atoms with Crippen LogP contribution in [0.1, 0.15) is 5.56 Å². The molecule has 25 heavy (non-hydrogen) atoms. The van der Waals surface area contributed by atoms with E-state index in [2.05, 4.69) is 15.4 Å². The van der Waals surface area contributed by atoms with E-state index in [1.807, 2.05) is 12.1 Å². The number of nitro benzene ring substituents is 1. The third-order valence-electron chi connectivity index (χ3n) is 3.35. The molecule has 124 valence electrons. The Morgan fingerprint density at radius 1 is 1.12 bits per heavy atom. The SMILES string of the molecule is O=C(/C=C/c1ccc([N+](=O)[O-])cc1)Nc1ccc(-n2cncn2)cc1. The van der Waals surface area contributed by atoms with Crippen LogP contribution in [0, 0.1) is 10.1 Å². The van der Waals surface area contributed by atoms with Crippen LogP contribution in [0.4, 0.5) is 11.4 Å². The highest BCUT2D eigenvalue weighted by Crippen LogP contribution is 2.14. The summed E-state index contributed by atoms with van der Waals surface area (Å²) in [6.07, 6.45) is 5.98. The van der Waals surface area contributed by atoms with Crippen molar-refractivity contribution in [2.45, 2.75) is 0 Å². The standard InChI is InChI=1S/C17H13N5O3/c23-17(10-3-13-1-6-16(7-2-13)22(24)25)20-14-4-8-15(9-5-14)21-12-18-11-19-21/h1-12H,(H,20,23)/b10-3+. The Balaban J connectivity index is 1.61. The summed E-state index contributed by atoms with van der Waals surface area (Å²) in [5.74, 6) is -0.299. The zero-order valence-corrected chi connectivity index (χ0v) is 12.9. The number of nitrogens with one attached hydrogen (secondary N) is 1. The van der Waals surface area contributed by atoms with Gasteiger partial charge in [-0.05, 0) is 48.0 Å². The highest BCUT2D eigenvalue weighted by atomic mass is 16.6. The fourth-order valence-corrected chi connectivity index (χ4v) is 2.10. The quantitative estimate of drug-likeness (QED) is 0.439. The summed E-state index contributed by atoms with van der Waals surface area (Å²) in [6.45, 7) is 0. The van der Waals surface area contributed by atoms with Gasteiger partial charge in [-0.15, -0.1) is 0 Å². The predicted molar refractivity (Wildman–Crippen MR) is 92.1 cm³/mol. The smallest absolute Gasteiger partial charge is 0.269 e. The number of amides is 1. The molecule has 0 fully saturated rings. The Kier molecular flexibility index (Phi) is 4.61. The molecule has 0 atom stereocenters. The number of anilines is 1. The van der Waals surface area contributed by atoms with Gasteiger partial charge in [-0.1, -0.05) is 0 Å². The summed E-state index contributed by atoms with van der Waals surface area (Å²) in [5, 5.41) is 17.4. The van der Waals surface area contributed by atoms with Gasteiger partial charge < -0.3 is 5.32 Å². The van der Waals surface area contributed by atoms with Crippen molar-refractivity contribution in [2.75, 3.05) is 5.32 Å². The summed E-state index contributed by atoms with van der Waals surface area (Å²) in [5.41, 5.74) is 2.18. The Labute approximate surface area is 142 Å². The number of hydrogen-bond acceptors (Lipinski definition) is 5. The van der Waals surface area contributed by atoms with Crippen LogP contribution in [0.5, 0.6) is 0 Å². The minimum absolute atomic E-state index is 0.00840. The second-order valence-electron chi connectivity index (χ2n) is 5.06. The monoisotopic (exact) mass is 335 g/mol. The molecule has 0 aliphatic carbocycles. The number of benzene rings is 2. The lowest BCUT2D eigenvalue weighted by Crippen LogP contribution is -2.07. The molecule has 0 aliphatic rings. The number of hydrogen-bond donors (Lipinski definition) is 1. The second kappa shape index (κ2) is 7.18. The van der Waals surface area contributed by atoms with Crippen LogP contribution in [-0.2, 0) is 4.79 Å². The first-order valence-corrected chi connectivity index (χ1v) is 7.30. The van der Waals surface area contributed by atoms with Crippen molar-refractivity contribution in [1.82, 2.24) is 14.8 Å². The number of nitro groups is 1. The number of carbonyl (C=O) groups is 1. The lowest BCUT2D eigenvalue weighted by Gasteiger charge is -2.04. The number of carbonyl (C=O) groups excluding carboxylic acids is 1. The maximum atomic E-state index is 11.9. The second-order valence-corrected chi connectivity index (χ2v) is 5.06. The molecule has 8 nitrogen and oxygen atoms in total. The van der Waals surface area contributed by atoms with E-state index >= 15 is 0 Å². The maximum absolute atomic E-state index is 11.9. The molecule has 0 radical (unpaired) electrons. The van der Waals surface area contributed by atoms with Crippen LogP contribution >= 0.6 is 0 Å². The fraction of sp³-hybridized carbons (Fsp3) is 0. The highest BCUT2D eigenvalue weighted by Gasteiger charge is 2.03. The van der Waals surface area contributed by atoms with E-state index in [1.165, 1.54) is 24.5 Å². The first-order chi connectivity index (χ1) is 12.1. The number of aromatic nitrogens is 3. The van der Waals surface area contributed by atoms with Gasteiger partial charge >= 0.3 is 0 Å². The molecule has 8 heteroatoms. The van der Waals surface area contributed by atoms with Crippen LogP contribution in [-0.4, -0.2) is 25.6 Å². The number of nitrogens with zero attached hydrogens (tertiary/aromatic N) is 4. The van der Waals surface area contributed by atoms with Gasteiger partial charge in [0.25, 0.3) is 5.69 Å². The molecule has 1 N–H and O–H groups in total. The first-order valence-electron chi connectivity index (χ1n) is 7.30. The third kappa shape index (κ3) is 4.14. The van der Waals surface area contributed by atoms with Gasteiger partial charge in [0.2, 0.25) is 5.91 Å². The van der Waals surface area contributed by atoms with Gasteiger partial charge in [0.05, 0.1) is 10.6 Å². The van der Waals surface area contributed by atoms with Gasteiger partial charge in [0, 0.05) is 23.9 Å². The van der Waals surface area contributed by atoms with Gasteiger partial charge in [-0.25, -0.2) is 9.67 Å². The molecule has 1 aromatic heterocycles. The van der Waals surface area contributed by atoms with E-state index < -0.39 is 4.92 Å². The van der Waals surface area contributed by atoms with E-state index in [0.717, 1.165) is 5.69 Å². The first kappa shape index (κ1) is 16.1. The van der Waals surface area contributed by atoms with Crippen molar-refractivity contribution >= 4 is 23.4 Å². The maximum Gasteiger partial charge on any atom is 0.269 e. The molecule has 0 unspecified atom stereocenters. The van der Waals surface area contributed by atoms with E-state index in [0.29, 0.717) is 11.3 Å². The van der Waals surface area contributed by atoms with Gasteiger partial charge in [0.15, 0.2) is 0 Å². The summed E-state index contributed by atoms with van der Waals surface area (Å²) in [4.78, 5) is 25.9. The van der Waals surface area contributed by atoms with E-state index in [4.69, 9.17) is 0 Å². The average Bonchev–Trinajstić information content (AvgIpc) is 3.15. The van der Waals surface area contributed by atoms with Crippen molar-refractivity contribution in [3.63, 3.8) is 0 Å². The Bertz CT molecular complexity index is 900. The summed E-state index contributed by atoms with van der Waals surface area (Å²) in [6, 6.07) is 13.1. The molecule has 3 aromatic rings. The van der Waals surface area contributed by atoms with Crippen molar-refractivity contribution in [3.8, 4) is 5.69 Å². The van der Waals surface area contributed by atoms with Crippen LogP contribution in [0.3, 0.4) is 0 Å². The molecule has 0 bridgehead atoms. The topological polar surface area (TPSA) is 103 Å². The summed E-state index contributed by atoms with van der Waals surface area (Å²) in [7, 11) is 0. The minimum atomic E-state index is -0.469. The van der Waals surface area contributed by atoms with Crippen molar-refractivity contribution in [2.24, 2.45) is 0 Å². The van der Waals surface area contributed by atoms with Crippen molar-refractivity contribution in [3.05, 3.63) is 82.9 Å². The third-order valence-corrected chi connectivity index (χ3v) is 3.35. The van der Waals surface area contributed by atoms with E-state index in [9.17, 15) is 14.9 Å². The Hall–Kier alpha value is -3.81. The largest absolute Gasteiger partial charge is 0.323 e. The van der Waals surface area contributed by atoms with Gasteiger partial charge in [0.1, 0.15) is 12.7 Å². The van der Waals surface area contributed by atoms with E-state index in [1.54, 1.807) is 41.4 Å². The summed E-state index contributed by atoms with van der Waals surface area (Å²) >= 11 is 0. The molecule has 0 saturated heterocycles. The van der Waals surface area contributed by atoms with Crippen molar-refractivity contribution in [1.29, 1.82) is 0 Å². The van der Waals surface area contributed by atoms with Crippen LogP contribution in [0.25, 0.3) is 11.8 Å².